The molecule has 0 amide bonds. The van der Waals surface area contributed by atoms with Crippen LogP contribution >= 0.6 is 0 Å². The van der Waals surface area contributed by atoms with E-state index in [1.165, 1.54) is 6.07 Å². The molecule has 1 nitrogen and oxygen atoms in total. The molecule has 0 saturated heterocycles. The first-order valence-electron chi connectivity index (χ1n) is 6.90. The van der Waals surface area contributed by atoms with Crippen molar-refractivity contribution in [3.05, 3.63) is 70.8 Å². The summed E-state index contributed by atoms with van der Waals surface area (Å²) in [6, 6.07) is 12.4. The Morgan fingerprint density at radius 3 is 2.52 bits per heavy atom. The number of fused-ring (bicyclic) bond motifs is 1. The average molecular weight is 292 g/mol. The van der Waals surface area contributed by atoms with Crippen LogP contribution in [0.15, 0.2) is 48.5 Å². The minimum absolute atomic E-state index is 0.310. The molecule has 21 heavy (non-hydrogen) atoms. The molecule has 2 aromatic carbocycles. The molecule has 4 heteroatoms. The summed E-state index contributed by atoms with van der Waals surface area (Å²) in [5.74, 6) is 0. The van der Waals surface area contributed by atoms with E-state index in [4.69, 9.17) is 0 Å². The maximum atomic E-state index is 12.9. The second-order valence-electron chi connectivity index (χ2n) is 5.45. The minimum atomic E-state index is -4.40. The predicted octanol–water partition coefficient (Wildman–Crippen LogP) is 4.28. The Bertz CT molecular complexity index is 663. The normalized spacial score (nSPS) is 21.9. The van der Waals surface area contributed by atoms with Gasteiger partial charge in [-0.3, -0.25) is 0 Å². The molecule has 1 atom stereocenters. The first-order chi connectivity index (χ1) is 9.91. The minimum Gasteiger partial charge on any atom is -0.380 e. The van der Waals surface area contributed by atoms with E-state index in [0.717, 1.165) is 36.1 Å². The molecule has 0 fully saturated rings. The van der Waals surface area contributed by atoms with Gasteiger partial charge in [-0.15, -0.1) is 0 Å². The number of aliphatic hydroxyl groups is 1. The highest BCUT2D eigenvalue weighted by Gasteiger charge is 2.38. The van der Waals surface area contributed by atoms with E-state index < -0.39 is 17.3 Å². The highest BCUT2D eigenvalue weighted by Crippen LogP contribution is 2.41. The fourth-order valence-electron chi connectivity index (χ4n) is 3.06. The van der Waals surface area contributed by atoms with Crippen molar-refractivity contribution in [2.45, 2.75) is 31.0 Å². The van der Waals surface area contributed by atoms with Crippen molar-refractivity contribution < 1.29 is 18.3 Å². The van der Waals surface area contributed by atoms with Crippen LogP contribution in [-0.2, 0) is 18.2 Å². The smallest absolute Gasteiger partial charge is 0.380 e. The van der Waals surface area contributed by atoms with E-state index >= 15 is 0 Å². The number of rotatable bonds is 1. The zero-order chi connectivity index (χ0) is 15.1. The molecule has 1 unspecified atom stereocenters. The standard InChI is InChI=1S/C17H15F3O/c18-17(19,20)14-8-3-7-13(11-14)16(21)10-4-6-12-5-1-2-9-15(12)16/h1-3,5,7-9,11,21H,4,6,10H2. The number of hydrogen-bond donors (Lipinski definition) is 1. The van der Waals surface area contributed by atoms with Crippen LogP contribution in [0.1, 0.15) is 35.1 Å². The monoisotopic (exact) mass is 292 g/mol. The predicted molar refractivity (Wildman–Crippen MR) is 73.8 cm³/mol. The largest absolute Gasteiger partial charge is 0.416 e. The summed E-state index contributed by atoms with van der Waals surface area (Å²) < 4.78 is 38.6. The van der Waals surface area contributed by atoms with E-state index in [0.29, 0.717) is 12.0 Å². The molecule has 0 aromatic heterocycles. The van der Waals surface area contributed by atoms with Crippen molar-refractivity contribution in [3.8, 4) is 0 Å². The van der Waals surface area contributed by atoms with Gasteiger partial charge in [0.2, 0.25) is 0 Å². The van der Waals surface area contributed by atoms with Crippen LogP contribution in [0.4, 0.5) is 13.2 Å². The molecule has 3 rings (SSSR count). The molecule has 0 spiro atoms. The molecular formula is C17H15F3O. The van der Waals surface area contributed by atoms with Gasteiger partial charge in [0.15, 0.2) is 0 Å². The van der Waals surface area contributed by atoms with Gasteiger partial charge in [-0.05, 0) is 48.1 Å². The van der Waals surface area contributed by atoms with Crippen molar-refractivity contribution in [1.82, 2.24) is 0 Å². The first kappa shape index (κ1) is 14.1. The van der Waals surface area contributed by atoms with Crippen LogP contribution in [0.3, 0.4) is 0 Å². The van der Waals surface area contributed by atoms with Crippen molar-refractivity contribution in [3.63, 3.8) is 0 Å². The maximum absolute atomic E-state index is 12.9. The fourth-order valence-corrected chi connectivity index (χ4v) is 3.06. The summed E-state index contributed by atoms with van der Waals surface area (Å²) >= 11 is 0. The summed E-state index contributed by atoms with van der Waals surface area (Å²) in [6.07, 6.45) is -2.37. The molecule has 0 heterocycles. The van der Waals surface area contributed by atoms with Gasteiger partial charge >= 0.3 is 6.18 Å². The topological polar surface area (TPSA) is 20.2 Å². The molecule has 2 aromatic rings. The highest BCUT2D eigenvalue weighted by atomic mass is 19.4. The molecule has 0 aliphatic heterocycles. The molecule has 1 N–H and O–H groups in total. The molecule has 0 radical (unpaired) electrons. The lowest BCUT2D eigenvalue weighted by Gasteiger charge is -2.35. The van der Waals surface area contributed by atoms with Crippen LogP contribution in [0.2, 0.25) is 0 Å². The van der Waals surface area contributed by atoms with Gasteiger partial charge in [-0.1, -0.05) is 36.4 Å². The summed E-state index contributed by atoms with van der Waals surface area (Å²) in [6.45, 7) is 0. The Morgan fingerprint density at radius 1 is 1.00 bits per heavy atom. The third-order valence-corrected chi connectivity index (χ3v) is 4.12. The Morgan fingerprint density at radius 2 is 1.76 bits per heavy atom. The number of halogens is 3. The summed E-state index contributed by atoms with van der Waals surface area (Å²) in [7, 11) is 0. The second kappa shape index (κ2) is 4.88. The Labute approximate surface area is 121 Å². The summed E-state index contributed by atoms with van der Waals surface area (Å²) in [5.41, 5.74) is -0.0315. The van der Waals surface area contributed by atoms with Crippen molar-refractivity contribution in [2.75, 3.05) is 0 Å². The van der Waals surface area contributed by atoms with Gasteiger partial charge in [0.05, 0.1) is 5.56 Å². The third kappa shape index (κ3) is 2.44. The van der Waals surface area contributed by atoms with Crippen LogP contribution in [-0.4, -0.2) is 5.11 Å². The Hall–Kier alpha value is -1.81. The van der Waals surface area contributed by atoms with E-state index in [-0.39, 0.29) is 0 Å². The van der Waals surface area contributed by atoms with Gasteiger partial charge < -0.3 is 5.11 Å². The van der Waals surface area contributed by atoms with Gasteiger partial charge in [-0.2, -0.15) is 13.2 Å². The van der Waals surface area contributed by atoms with Crippen molar-refractivity contribution in [1.29, 1.82) is 0 Å². The number of benzene rings is 2. The lowest BCUT2D eigenvalue weighted by Crippen LogP contribution is -2.32. The maximum Gasteiger partial charge on any atom is 0.416 e. The van der Waals surface area contributed by atoms with E-state index in [9.17, 15) is 18.3 Å². The average Bonchev–Trinajstić information content (AvgIpc) is 2.47. The quantitative estimate of drug-likeness (QED) is 0.832. The lowest BCUT2D eigenvalue weighted by atomic mass is 9.75. The Kier molecular flexibility index (Phi) is 3.29. The van der Waals surface area contributed by atoms with Gasteiger partial charge in [0.25, 0.3) is 0 Å². The van der Waals surface area contributed by atoms with Crippen LogP contribution in [0.25, 0.3) is 0 Å². The molecule has 1 aliphatic carbocycles. The SMILES string of the molecule is OC1(c2cccc(C(F)(F)F)c2)CCCc2ccccc21. The molecule has 1 aliphatic rings. The highest BCUT2D eigenvalue weighted by molar-refractivity contribution is 5.44. The lowest BCUT2D eigenvalue weighted by molar-refractivity contribution is -0.137. The number of hydrogen-bond acceptors (Lipinski definition) is 1. The summed E-state index contributed by atoms with van der Waals surface area (Å²) in [4.78, 5) is 0. The van der Waals surface area contributed by atoms with Gasteiger partial charge in [0, 0.05) is 0 Å². The van der Waals surface area contributed by atoms with Gasteiger partial charge in [0.1, 0.15) is 5.60 Å². The van der Waals surface area contributed by atoms with Crippen LogP contribution in [0.5, 0.6) is 0 Å². The van der Waals surface area contributed by atoms with Crippen molar-refractivity contribution >= 4 is 0 Å². The fraction of sp³-hybridized carbons (Fsp3) is 0.294. The number of aryl methyl sites for hydroxylation is 1. The van der Waals surface area contributed by atoms with Crippen LogP contribution in [0, 0.1) is 0 Å². The molecule has 0 saturated carbocycles. The van der Waals surface area contributed by atoms with Gasteiger partial charge in [-0.25, -0.2) is 0 Å². The van der Waals surface area contributed by atoms with E-state index in [1.54, 1.807) is 12.1 Å². The Balaban J connectivity index is 2.12. The van der Waals surface area contributed by atoms with E-state index in [1.807, 2.05) is 18.2 Å². The number of alkyl halides is 3. The van der Waals surface area contributed by atoms with Crippen molar-refractivity contribution in [2.24, 2.45) is 0 Å². The zero-order valence-electron chi connectivity index (χ0n) is 11.3. The summed E-state index contributed by atoms with van der Waals surface area (Å²) in [5, 5.41) is 11.0. The van der Waals surface area contributed by atoms with Crippen LogP contribution < -0.4 is 0 Å². The molecule has 0 bridgehead atoms. The third-order valence-electron chi connectivity index (χ3n) is 4.12. The first-order valence-corrected chi connectivity index (χ1v) is 6.90. The molecular weight excluding hydrogens is 277 g/mol. The molecule has 110 valence electrons. The second-order valence-corrected chi connectivity index (χ2v) is 5.45. The van der Waals surface area contributed by atoms with E-state index in [2.05, 4.69) is 0 Å². The zero-order valence-corrected chi connectivity index (χ0v) is 11.3.